The van der Waals surface area contributed by atoms with Crippen LogP contribution < -0.4 is 36.1 Å². The molecule has 66 heavy (non-hydrogen) atoms. The second-order valence-electron chi connectivity index (χ2n) is 14.3. The van der Waals surface area contributed by atoms with Crippen LogP contribution >= 0.6 is 0 Å². The number of phenols is 2. The summed E-state index contributed by atoms with van der Waals surface area (Å²) >= 11 is 0. The molecule has 334 valence electrons. The number of carbonyl (C=O) groups is 6. The number of hydrogen-bond acceptors (Lipinski definition) is 14. The van der Waals surface area contributed by atoms with E-state index in [2.05, 4.69) is 52.0 Å². The van der Waals surface area contributed by atoms with Gasteiger partial charge in [0.05, 0.1) is 60.4 Å². The Morgan fingerprint density at radius 3 is 1.95 bits per heavy atom. The first-order valence-corrected chi connectivity index (χ1v) is 19.6. The number of aryl methyl sites for hydroxylation is 1. The van der Waals surface area contributed by atoms with E-state index in [0.29, 0.717) is 16.9 Å². The number of benzene rings is 4. The molecule has 1 atom stereocenters. The largest absolute Gasteiger partial charge is 0.504 e. The van der Waals surface area contributed by atoms with Crippen LogP contribution in [0, 0.1) is 6.92 Å². The fourth-order valence-electron chi connectivity index (χ4n) is 6.58. The van der Waals surface area contributed by atoms with Gasteiger partial charge in [-0.25, -0.2) is 9.78 Å². The van der Waals surface area contributed by atoms with Gasteiger partial charge in [0, 0.05) is 34.3 Å². The van der Waals surface area contributed by atoms with E-state index >= 15 is 0 Å². The number of hydrogen-bond donors (Lipinski definition) is 9. The first-order valence-electron chi connectivity index (χ1n) is 19.6. The molecule has 0 aliphatic rings. The summed E-state index contributed by atoms with van der Waals surface area (Å²) in [6.45, 7) is 1.89. The molecule has 21 heteroatoms. The third-order valence-corrected chi connectivity index (χ3v) is 9.90. The van der Waals surface area contributed by atoms with E-state index < -0.39 is 52.7 Å². The number of amides is 5. The van der Waals surface area contributed by atoms with E-state index in [1.54, 1.807) is 30.3 Å². The van der Waals surface area contributed by atoms with Crippen LogP contribution in [0.3, 0.4) is 0 Å². The number of carbonyl (C=O) groups excluding carboxylic acids is 5. The standard InChI is InChI=1S/C45H38N10O11/c1-22-4-5-24-18-25(8-14-31(24)48-22)41(59)49-26-9-6-23(7-10-26)40(58)53-35(19-28-21-47-55-54-28)44(62)50-27-11-15-34(46-20-27)43(61)52-33-16-12-29(36(56)38(33)65-2)42(60)51-32-17-13-30(45(63)64)37(57)39(32)66-3/h4-18,20-21,35,56-57H,19H2,1-3H3,(H,49,59)(H,50,62)(H,51,60)(H,52,61)(H,53,58)(H,63,64)(H,47,54,55)/t35-/m0/s1. The normalized spacial score (nSPS) is 11.2. The molecule has 7 aromatic rings. The zero-order valence-corrected chi connectivity index (χ0v) is 35.0. The second-order valence-corrected chi connectivity index (χ2v) is 14.3. The highest BCUT2D eigenvalue weighted by Crippen LogP contribution is 2.40. The number of carboxylic acid groups (broad SMARTS) is 1. The number of rotatable bonds is 15. The molecule has 4 aromatic carbocycles. The molecule has 0 aliphatic carbocycles. The van der Waals surface area contributed by atoms with E-state index in [1.807, 2.05) is 19.1 Å². The zero-order valence-electron chi connectivity index (χ0n) is 35.0. The molecule has 0 bridgehead atoms. The Kier molecular flexibility index (Phi) is 13.1. The van der Waals surface area contributed by atoms with Crippen molar-refractivity contribution >= 4 is 69.2 Å². The van der Waals surface area contributed by atoms with E-state index in [9.17, 15) is 44.1 Å². The first-order chi connectivity index (χ1) is 31.7. The molecule has 0 saturated carbocycles. The lowest BCUT2D eigenvalue weighted by atomic mass is 10.1. The lowest BCUT2D eigenvalue weighted by Crippen LogP contribution is -2.45. The van der Waals surface area contributed by atoms with Crippen molar-refractivity contribution in [1.82, 2.24) is 30.7 Å². The summed E-state index contributed by atoms with van der Waals surface area (Å²) in [7, 11) is 2.35. The highest BCUT2D eigenvalue weighted by atomic mass is 16.5. The molecule has 3 heterocycles. The van der Waals surface area contributed by atoms with Crippen molar-refractivity contribution < 1.29 is 53.6 Å². The monoisotopic (exact) mass is 894 g/mol. The number of carboxylic acids is 1. The molecule has 0 saturated heterocycles. The molecule has 0 unspecified atom stereocenters. The number of ether oxygens (including phenoxy) is 2. The molecule has 5 amide bonds. The third-order valence-electron chi connectivity index (χ3n) is 9.90. The first kappa shape index (κ1) is 44.6. The number of nitrogens with zero attached hydrogens (tertiary/aromatic N) is 4. The van der Waals surface area contributed by atoms with E-state index in [0.717, 1.165) is 29.8 Å². The fourth-order valence-corrected chi connectivity index (χ4v) is 6.58. The van der Waals surface area contributed by atoms with Crippen molar-refractivity contribution in [3.8, 4) is 23.0 Å². The summed E-state index contributed by atoms with van der Waals surface area (Å²) < 4.78 is 10.4. The molecular formula is C45H38N10O11. The molecule has 0 spiro atoms. The SMILES string of the molecule is COc1c(NC(=O)c2ccc(NC(=O)c3ccc(NC(=O)[C@H](Cc4cn[nH]n4)NC(=O)c4ccc(NC(=O)c5ccc6nc(C)ccc6c5)cc4)cn3)c(OC)c2O)ccc(C(=O)O)c1O. The van der Waals surface area contributed by atoms with Crippen molar-refractivity contribution in [2.45, 2.75) is 19.4 Å². The summed E-state index contributed by atoms with van der Waals surface area (Å²) in [6.07, 6.45) is 2.56. The van der Waals surface area contributed by atoms with Gasteiger partial charge in [0.2, 0.25) is 5.91 Å². The Morgan fingerprint density at radius 1 is 0.667 bits per heavy atom. The number of aromatic carboxylic acids is 1. The van der Waals surface area contributed by atoms with E-state index in [-0.39, 0.29) is 57.7 Å². The van der Waals surface area contributed by atoms with Gasteiger partial charge in [0.15, 0.2) is 23.0 Å². The highest BCUT2D eigenvalue weighted by Gasteiger charge is 2.26. The molecule has 21 nitrogen and oxygen atoms in total. The van der Waals surface area contributed by atoms with Crippen LogP contribution in [0.15, 0.2) is 103 Å². The number of methoxy groups -OCH3 is 2. The fraction of sp³-hybridized carbons (Fsp3) is 0.111. The predicted molar refractivity (Wildman–Crippen MR) is 237 cm³/mol. The van der Waals surface area contributed by atoms with Crippen molar-refractivity contribution in [3.63, 3.8) is 0 Å². The summed E-state index contributed by atoms with van der Waals surface area (Å²) in [5.41, 5.74) is 2.20. The van der Waals surface area contributed by atoms with Crippen LogP contribution in [-0.2, 0) is 11.2 Å². The zero-order chi connectivity index (χ0) is 47.1. The number of nitrogens with one attached hydrogen (secondary N) is 6. The van der Waals surface area contributed by atoms with Crippen molar-refractivity contribution in [2.24, 2.45) is 0 Å². The van der Waals surface area contributed by atoms with Crippen LogP contribution in [0.2, 0.25) is 0 Å². The second kappa shape index (κ2) is 19.3. The summed E-state index contributed by atoms with van der Waals surface area (Å²) in [5.74, 6) is -6.68. The number of fused-ring (bicyclic) bond motifs is 1. The maximum atomic E-state index is 13.6. The molecule has 9 N–H and O–H groups in total. The smallest absolute Gasteiger partial charge is 0.339 e. The average Bonchev–Trinajstić information content (AvgIpc) is 3.82. The van der Waals surface area contributed by atoms with Crippen LogP contribution in [0.4, 0.5) is 22.7 Å². The van der Waals surface area contributed by atoms with Gasteiger partial charge in [0.25, 0.3) is 23.6 Å². The van der Waals surface area contributed by atoms with E-state index in [4.69, 9.17) is 9.47 Å². The van der Waals surface area contributed by atoms with Gasteiger partial charge in [-0.15, -0.1) is 0 Å². The lowest BCUT2D eigenvalue weighted by molar-refractivity contribution is -0.118. The Morgan fingerprint density at radius 2 is 1.32 bits per heavy atom. The van der Waals surface area contributed by atoms with Crippen molar-refractivity contribution in [1.29, 1.82) is 0 Å². The Hall–Kier alpha value is -9.40. The third kappa shape index (κ3) is 9.94. The van der Waals surface area contributed by atoms with E-state index in [1.165, 1.54) is 62.0 Å². The molecular weight excluding hydrogens is 857 g/mol. The van der Waals surface area contributed by atoms with Gasteiger partial charge < -0.3 is 51.4 Å². The van der Waals surface area contributed by atoms with Gasteiger partial charge >= 0.3 is 5.97 Å². The average molecular weight is 895 g/mol. The van der Waals surface area contributed by atoms with Crippen LogP contribution in [0.5, 0.6) is 23.0 Å². The van der Waals surface area contributed by atoms with Crippen molar-refractivity contribution in [2.75, 3.05) is 35.5 Å². The minimum Gasteiger partial charge on any atom is -0.504 e. The van der Waals surface area contributed by atoms with Gasteiger partial charge in [-0.1, -0.05) is 6.07 Å². The Labute approximate surface area is 373 Å². The number of pyridine rings is 2. The highest BCUT2D eigenvalue weighted by molar-refractivity contribution is 6.10. The van der Waals surface area contributed by atoms with Crippen LogP contribution in [-0.4, -0.2) is 96.5 Å². The number of anilines is 4. The molecule has 7 rings (SSSR count). The summed E-state index contributed by atoms with van der Waals surface area (Å²) in [6, 6.07) is 21.3. The number of aromatic amines is 1. The number of aromatic hydroxyl groups is 2. The minimum absolute atomic E-state index is 0.0448. The maximum absolute atomic E-state index is 13.6. The van der Waals surface area contributed by atoms with Gasteiger partial charge in [-0.05, 0) is 91.9 Å². The van der Waals surface area contributed by atoms with Crippen LogP contribution in [0.1, 0.15) is 63.3 Å². The maximum Gasteiger partial charge on any atom is 0.339 e. The van der Waals surface area contributed by atoms with Gasteiger partial charge in [0.1, 0.15) is 17.3 Å². The van der Waals surface area contributed by atoms with Gasteiger partial charge in [-0.3, -0.25) is 29.0 Å². The summed E-state index contributed by atoms with van der Waals surface area (Å²) in [5, 5.41) is 54.8. The molecule has 0 radical (unpaired) electrons. The summed E-state index contributed by atoms with van der Waals surface area (Å²) in [4.78, 5) is 86.4. The quantitative estimate of drug-likeness (QED) is 0.0660. The molecule has 0 aliphatic heterocycles. The minimum atomic E-state index is -1.43. The Bertz CT molecular complexity index is 3020. The number of H-pyrrole nitrogens is 1. The lowest BCUT2D eigenvalue weighted by Gasteiger charge is -2.18. The number of aromatic nitrogens is 5. The van der Waals surface area contributed by atoms with Crippen LogP contribution in [0.25, 0.3) is 10.9 Å². The van der Waals surface area contributed by atoms with Crippen molar-refractivity contribution in [3.05, 3.63) is 143 Å². The topological polar surface area (TPSA) is 309 Å². The molecule has 3 aromatic heterocycles. The van der Waals surface area contributed by atoms with Gasteiger partial charge in [-0.2, -0.15) is 15.4 Å². The predicted octanol–water partition coefficient (Wildman–Crippen LogP) is 4.92. The Balaban J connectivity index is 0.979. The number of phenolic OH excluding ortho intramolecular Hbond substituents is 1. The molecule has 0 fully saturated rings.